The molecule has 0 spiro atoms. The minimum absolute atomic E-state index is 0.0573. The minimum atomic E-state index is -0.804. The third-order valence-corrected chi connectivity index (χ3v) is 3.20. The first kappa shape index (κ1) is 15.5. The highest BCUT2D eigenvalue weighted by Crippen LogP contribution is 2.26. The fourth-order valence-electron chi connectivity index (χ4n) is 1.81. The van der Waals surface area contributed by atoms with E-state index in [1.807, 2.05) is 13.8 Å². The molecule has 0 aromatic heterocycles. The van der Waals surface area contributed by atoms with Crippen molar-refractivity contribution in [3.63, 3.8) is 0 Å². The summed E-state index contributed by atoms with van der Waals surface area (Å²) in [6.45, 7) is 3.65. The van der Waals surface area contributed by atoms with Crippen LogP contribution in [0.3, 0.4) is 0 Å². The van der Waals surface area contributed by atoms with Gasteiger partial charge in [0.25, 0.3) is 11.8 Å². The number of hydroxylamine groups is 2. The van der Waals surface area contributed by atoms with Crippen molar-refractivity contribution in [2.75, 3.05) is 0 Å². The van der Waals surface area contributed by atoms with Crippen LogP contribution in [0.15, 0.2) is 22.7 Å². The number of imide groups is 1. The number of hydrogen-bond donors (Lipinski definition) is 0. The van der Waals surface area contributed by atoms with Crippen molar-refractivity contribution in [1.29, 1.82) is 0 Å². The van der Waals surface area contributed by atoms with E-state index < -0.39 is 17.8 Å². The maximum atomic E-state index is 12.1. The number of nitrogens with zero attached hydrogens (tertiary/aromatic N) is 1. The van der Waals surface area contributed by atoms with Crippen LogP contribution in [0.5, 0.6) is 5.75 Å². The third-order valence-electron chi connectivity index (χ3n) is 2.71. The number of hydrogen-bond acceptors (Lipinski definition) is 5. The quantitative estimate of drug-likeness (QED) is 0.775. The van der Waals surface area contributed by atoms with Gasteiger partial charge in [-0.25, -0.2) is 4.79 Å². The Labute approximate surface area is 130 Å². The summed E-state index contributed by atoms with van der Waals surface area (Å²) in [6, 6.07) is 4.79. The second-order valence-corrected chi connectivity index (χ2v) is 5.68. The predicted molar refractivity (Wildman–Crippen MR) is 76.4 cm³/mol. The first-order valence-electron chi connectivity index (χ1n) is 6.42. The van der Waals surface area contributed by atoms with Gasteiger partial charge in [-0.3, -0.25) is 9.59 Å². The molecule has 7 heteroatoms. The van der Waals surface area contributed by atoms with E-state index in [9.17, 15) is 14.4 Å². The average Bonchev–Trinajstić information content (AvgIpc) is 2.70. The van der Waals surface area contributed by atoms with Crippen LogP contribution < -0.4 is 4.74 Å². The van der Waals surface area contributed by atoms with Gasteiger partial charge in [0.2, 0.25) is 0 Å². The minimum Gasteiger partial charge on any atom is -0.490 e. The summed E-state index contributed by atoms with van der Waals surface area (Å²) in [5.74, 6) is -1.52. The Hall–Kier alpha value is -1.89. The number of rotatable bonds is 4. The molecule has 2 amide bonds. The molecule has 21 heavy (non-hydrogen) atoms. The smallest absolute Gasteiger partial charge is 0.367 e. The molecule has 0 saturated carbocycles. The van der Waals surface area contributed by atoms with Crippen LogP contribution in [-0.4, -0.2) is 29.0 Å². The molecule has 1 aliphatic rings. The van der Waals surface area contributed by atoms with Crippen molar-refractivity contribution in [3.05, 3.63) is 28.2 Å². The molecule has 1 heterocycles. The summed E-state index contributed by atoms with van der Waals surface area (Å²) in [5, 5.41) is 0.517. The molecule has 0 bridgehead atoms. The van der Waals surface area contributed by atoms with Crippen LogP contribution >= 0.6 is 15.9 Å². The average molecular weight is 356 g/mol. The molecule has 1 aliphatic heterocycles. The maximum Gasteiger partial charge on any atom is 0.367 e. The molecule has 0 aliphatic carbocycles. The molecule has 6 nitrogen and oxygen atoms in total. The fraction of sp³-hybridized carbons (Fsp3) is 0.357. The molecule has 112 valence electrons. The zero-order chi connectivity index (χ0) is 15.6. The van der Waals surface area contributed by atoms with E-state index in [1.165, 1.54) is 6.07 Å². The number of ether oxygens (including phenoxy) is 1. The topological polar surface area (TPSA) is 72.9 Å². The van der Waals surface area contributed by atoms with E-state index in [-0.39, 0.29) is 24.5 Å². The number of carbonyl (C=O) groups excluding carboxylic acids is 3. The molecule has 2 rings (SSSR count). The van der Waals surface area contributed by atoms with Crippen LogP contribution in [0.1, 0.15) is 37.0 Å². The van der Waals surface area contributed by atoms with Gasteiger partial charge in [-0.2, -0.15) is 0 Å². The van der Waals surface area contributed by atoms with Crippen molar-refractivity contribution in [3.8, 4) is 5.75 Å². The predicted octanol–water partition coefficient (Wildman–Crippen LogP) is 2.46. The van der Waals surface area contributed by atoms with Gasteiger partial charge in [0.05, 0.1) is 6.10 Å². The highest BCUT2D eigenvalue weighted by molar-refractivity contribution is 9.10. The lowest BCUT2D eigenvalue weighted by Crippen LogP contribution is -2.32. The van der Waals surface area contributed by atoms with Crippen LogP contribution in [0.2, 0.25) is 0 Å². The number of amides is 2. The molecular weight excluding hydrogens is 342 g/mol. The molecule has 0 N–H and O–H groups in total. The summed E-state index contributed by atoms with van der Waals surface area (Å²) >= 11 is 3.29. The zero-order valence-corrected chi connectivity index (χ0v) is 13.2. The highest BCUT2D eigenvalue weighted by Gasteiger charge is 2.33. The first-order valence-corrected chi connectivity index (χ1v) is 7.22. The Kier molecular flexibility index (Phi) is 4.62. The fourth-order valence-corrected chi connectivity index (χ4v) is 2.15. The lowest BCUT2D eigenvalue weighted by Gasteiger charge is -2.16. The van der Waals surface area contributed by atoms with Crippen LogP contribution in [0.25, 0.3) is 0 Å². The Morgan fingerprint density at radius 1 is 1.24 bits per heavy atom. The summed E-state index contributed by atoms with van der Waals surface area (Å²) < 4.78 is 6.29. The monoisotopic (exact) mass is 355 g/mol. The van der Waals surface area contributed by atoms with E-state index in [4.69, 9.17) is 9.57 Å². The van der Waals surface area contributed by atoms with Crippen LogP contribution in [-0.2, 0) is 14.4 Å². The molecule has 1 fully saturated rings. The SMILES string of the molecule is CC(C)Oc1cc(Br)ccc1C(=O)ON1C(=O)CCC1=O. The normalized spacial score (nSPS) is 14.8. The number of benzene rings is 1. The van der Waals surface area contributed by atoms with Gasteiger partial charge in [0.15, 0.2) is 0 Å². The van der Waals surface area contributed by atoms with E-state index in [0.717, 1.165) is 4.47 Å². The van der Waals surface area contributed by atoms with Gasteiger partial charge >= 0.3 is 5.97 Å². The van der Waals surface area contributed by atoms with Crippen molar-refractivity contribution in [2.24, 2.45) is 0 Å². The lowest BCUT2D eigenvalue weighted by atomic mass is 10.2. The standard InChI is InChI=1S/C14H14BrNO5/c1-8(2)20-11-7-9(15)3-4-10(11)14(19)21-16-12(17)5-6-13(16)18/h3-4,7-8H,5-6H2,1-2H3. The Bertz CT molecular complexity index is 583. The van der Waals surface area contributed by atoms with Gasteiger partial charge in [-0.1, -0.05) is 15.9 Å². The molecule has 0 atom stereocenters. The molecule has 1 aromatic carbocycles. The maximum absolute atomic E-state index is 12.1. The van der Waals surface area contributed by atoms with Gasteiger partial charge in [0.1, 0.15) is 11.3 Å². The van der Waals surface area contributed by atoms with Crippen molar-refractivity contribution >= 4 is 33.7 Å². The summed E-state index contributed by atoms with van der Waals surface area (Å²) in [4.78, 5) is 39.9. The first-order chi connectivity index (χ1) is 9.88. The largest absolute Gasteiger partial charge is 0.490 e. The van der Waals surface area contributed by atoms with Crippen molar-refractivity contribution in [1.82, 2.24) is 5.06 Å². The Morgan fingerprint density at radius 2 is 1.86 bits per heavy atom. The van der Waals surface area contributed by atoms with E-state index in [1.54, 1.807) is 12.1 Å². The van der Waals surface area contributed by atoms with Gasteiger partial charge in [-0.15, -0.1) is 5.06 Å². The molecule has 1 aromatic rings. The second-order valence-electron chi connectivity index (χ2n) is 4.77. The summed E-state index contributed by atoms with van der Waals surface area (Å²) in [7, 11) is 0. The third kappa shape index (κ3) is 3.60. The van der Waals surface area contributed by atoms with Gasteiger partial charge in [0, 0.05) is 17.3 Å². The van der Waals surface area contributed by atoms with E-state index >= 15 is 0 Å². The molecule has 0 radical (unpaired) electrons. The van der Waals surface area contributed by atoms with Crippen LogP contribution in [0, 0.1) is 0 Å². The second kappa shape index (κ2) is 6.26. The summed E-state index contributed by atoms with van der Waals surface area (Å²) in [6.07, 6.45) is -0.0234. The molecule has 0 unspecified atom stereocenters. The zero-order valence-electron chi connectivity index (χ0n) is 11.6. The number of carbonyl (C=O) groups is 3. The highest BCUT2D eigenvalue weighted by atomic mass is 79.9. The Morgan fingerprint density at radius 3 is 2.43 bits per heavy atom. The van der Waals surface area contributed by atoms with Crippen LogP contribution in [0.4, 0.5) is 0 Å². The lowest BCUT2D eigenvalue weighted by molar-refractivity contribution is -0.172. The summed E-state index contributed by atoms with van der Waals surface area (Å²) in [5.41, 5.74) is 0.152. The van der Waals surface area contributed by atoms with Gasteiger partial charge in [-0.05, 0) is 32.0 Å². The van der Waals surface area contributed by atoms with E-state index in [0.29, 0.717) is 10.8 Å². The molecular formula is C14H14BrNO5. The van der Waals surface area contributed by atoms with Gasteiger partial charge < -0.3 is 9.57 Å². The molecule has 1 saturated heterocycles. The number of halogens is 1. The van der Waals surface area contributed by atoms with E-state index in [2.05, 4.69) is 15.9 Å². The Balaban J connectivity index is 2.22. The van der Waals surface area contributed by atoms with Crippen molar-refractivity contribution < 1.29 is 24.0 Å². The van der Waals surface area contributed by atoms with Crippen molar-refractivity contribution in [2.45, 2.75) is 32.8 Å².